The summed E-state index contributed by atoms with van der Waals surface area (Å²) in [4.78, 5) is 0. The van der Waals surface area contributed by atoms with Crippen LogP contribution in [0.5, 0.6) is 0 Å². The van der Waals surface area contributed by atoms with Gasteiger partial charge in [0.15, 0.2) is 0 Å². The Morgan fingerprint density at radius 1 is 0.769 bits per heavy atom. The van der Waals surface area contributed by atoms with Gasteiger partial charge in [0, 0.05) is 13.1 Å². The third-order valence-corrected chi connectivity index (χ3v) is 7.73. The maximum atomic E-state index is 12.3. The van der Waals surface area contributed by atoms with E-state index in [-0.39, 0.29) is 0 Å². The minimum absolute atomic E-state index is 0.583. The third kappa shape index (κ3) is 11.7. The zero-order valence-electron chi connectivity index (χ0n) is 17.6. The van der Waals surface area contributed by atoms with Gasteiger partial charge >= 0.3 is 7.67 Å². The van der Waals surface area contributed by atoms with Gasteiger partial charge in [0.2, 0.25) is 0 Å². The molecule has 0 aromatic carbocycles. The maximum absolute atomic E-state index is 12.3. The predicted molar refractivity (Wildman–Crippen MR) is 114 cm³/mol. The van der Waals surface area contributed by atoms with E-state index in [1.54, 1.807) is 0 Å². The molecule has 1 aliphatic heterocycles. The van der Waals surface area contributed by atoms with E-state index in [1.807, 2.05) is 11.7 Å². The highest BCUT2D eigenvalue weighted by atomic mass is 31.2. The van der Waals surface area contributed by atoms with E-state index in [4.69, 9.17) is 4.52 Å². The van der Waals surface area contributed by atoms with E-state index in [0.29, 0.717) is 6.61 Å². The first-order valence-corrected chi connectivity index (χ1v) is 13.0. The van der Waals surface area contributed by atoms with Crippen molar-refractivity contribution in [3.05, 3.63) is 0 Å². The highest BCUT2D eigenvalue weighted by Crippen LogP contribution is 2.48. The first-order valence-electron chi connectivity index (χ1n) is 11.4. The molecule has 0 aromatic rings. The molecule has 1 N–H and O–H groups in total. The Morgan fingerprint density at radius 3 is 1.58 bits per heavy atom. The van der Waals surface area contributed by atoms with Crippen LogP contribution in [0.3, 0.4) is 0 Å². The largest absolute Gasteiger partial charge is 0.343 e. The van der Waals surface area contributed by atoms with E-state index in [9.17, 15) is 4.57 Å². The molecule has 1 saturated heterocycles. The van der Waals surface area contributed by atoms with Gasteiger partial charge in [0.25, 0.3) is 0 Å². The van der Waals surface area contributed by atoms with Crippen LogP contribution in [0, 0.1) is 0 Å². The SMILES string of the molecule is CCCCCCCCCCCCCCCCCCNP1(=O)OCCN1C. The van der Waals surface area contributed by atoms with Crippen LogP contribution in [0.4, 0.5) is 0 Å². The molecule has 1 rings (SSSR count). The Bertz CT molecular complexity index is 366. The van der Waals surface area contributed by atoms with Crippen LogP contribution in [-0.4, -0.2) is 31.4 Å². The number of likely N-dealkylation sites (N-methyl/N-ethyl adjacent to an activating group) is 1. The number of unbranched alkanes of at least 4 members (excludes halogenated alkanes) is 15. The second-order valence-corrected chi connectivity index (χ2v) is 10.2. The molecular weight excluding hydrogens is 343 g/mol. The van der Waals surface area contributed by atoms with Gasteiger partial charge in [-0.2, -0.15) is 0 Å². The molecule has 1 unspecified atom stereocenters. The Balaban J connectivity index is 1.73. The average molecular weight is 389 g/mol. The molecule has 0 aromatic heterocycles. The summed E-state index contributed by atoms with van der Waals surface area (Å²) in [5, 5.41) is 3.12. The second-order valence-electron chi connectivity index (χ2n) is 7.95. The topological polar surface area (TPSA) is 41.6 Å². The van der Waals surface area contributed by atoms with E-state index in [2.05, 4.69) is 12.0 Å². The summed E-state index contributed by atoms with van der Waals surface area (Å²) in [6.07, 6.45) is 22.1. The molecule has 156 valence electrons. The molecule has 0 aliphatic carbocycles. The molecule has 1 fully saturated rings. The van der Waals surface area contributed by atoms with Crippen molar-refractivity contribution in [2.24, 2.45) is 0 Å². The summed E-state index contributed by atoms with van der Waals surface area (Å²) >= 11 is 0. The summed E-state index contributed by atoms with van der Waals surface area (Å²) < 4.78 is 19.5. The number of hydrogen-bond donors (Lipinski definition) is 1. The molecule has 1 heterocycles. The van der Waals surface area contributed by atoms with Crippen LogP contribution in [0.15, 0.2) is 0 Å². The Labute approximate surface area is 163 Å². The summed E-state index contributed by atoms with van der Waals surface area (Å²) in [7, 11) is -0.798. The van der Waals surface area contributed by atoms with Crippen LogP contribution in [0.2, 0.25) is 0 Å². The standard InChI is InChI=1S/C21H45N2O2P/c1-3-4-5-6-7-8-9-10-11-12-13-14-15-16-17-18-19-22-26(24)23(2)20-21-25-26/h3-21H2,1-2H3,(H,22,24). The lowest BCUT2D eigenvalue weighted by molar-refractivity contribution is 0.349. The van der Waals surface area contributed by atoms with Crippen molar-refractivity contribution in [2.45, 2.75) is 110 Å². The normalized spacial score (nSPS) is 20.8. The minimum atomic E-state index is -2.67. The van der Waals surface area contributed by atoms with E-state index in [0.717, 1.165) is 19.5 Å². The zero-order chi connectivity index (χ0) is 18.9. The van der Waals surface area contributed by atoms with Gasteiger partial charge in [0.05, 0.1) is 6.61 Å². The highest BCUT2D eigenvalue weighted by Gasteiger charge is 2.33. The molecule has 1 aliphatic rings. The fraction of sp³-hybridized carbons (Fsp3) is 1.00. The summed E-state index contributed by atoms with van der Waals surface area (Å²) in [5.74, 6) is 0. The van der Waals surface area contributed by atoms with Gasteiger partial charge in [-0.05, 0) is 13.5 Å². The lowest BCUT2D eigenvalue weighted by Crippen LogP contribution is -2.21. The van der Waals surface area contributed by atoms with Gasteiger partial charge in [-0.1, -0.05) is 103 Å². The highest BCUT2D eigenvalue weighted by molar-refractivity contribution is 7.54. The lowest BCUT2D eigenvalue weighted by atomic mass is 10.0. The summed E-state index contributed by atoms with van der Waals surface area (Å²) in [6, 6.07) is 0. The molecule has 0 radical (unpaired) electrons. The first-order chi connectivity index (χ1) is 12.7. The molecule has 0 bridgehead atoms. The van der Waals surface area contributed by atoms with Gasteiger partial charge in [-0.3, -0.25) is 4.57 Å². The van der Waals surface area contributed by atoms with Crippen molar-refractivity contribution < 1.29 is 9.09 Å². The summed E-state index contributed by atoms with van der Waals surface area (Å²) in [5.41, 5.74) is 0. The van der Waals surface area contributed by atoms with Crippen LogP contribution in [0.25, 0.3) is 0 Å². The van der Waals surface area contributed by atoms with Gasteiger partial charge < -0.3 is 4.52 Å². The number of hydrogen-bond acceptors (Lipinski definition) is 2. The second kappa shape index (κ2) is 16.1. The van der Waals surface area contributed by atoms with Crippen LogP contribution in [-0.2, 0) is 9.09 Å². The molecule has 0 saturated carbocycles. The van der Waals surface area contributed by atoms with Gasteiger partial charge in [-0.15, -0.1) is 0 Å². The molecule has 26 heavy (non-hydrogen) atoms. The van der Waals surface area contributed by atoms with E-state index < -0.39 is 7.67 Å². The number of nitrogens with one attached hydrogen (secondary N) is 1. The minimum Gasteiger partial charge on any atom is -0.305 e. The predicted octanol–water partition coefficient (Wildman–Crippen LogP) is 6.91. The summed E-state index contributed by atoms with van der Waals surface area (Å²) in [6.45, 7) is 4.44. The number of rotatable bonds is 18. The zero-order valence-corrected chi connectivity index (χ0v) is 18.5. The van der Waals surface area contributed by atoms with Crippen molar-refractivity contribution in [1.82, 2.24) is 9.76 Å². The monoisotopic (exact) mass is 388 g/mol. The molecule has 0 amide bonds. The van der Waals surface area contributed by atoms with Crippen molar-refractivity contribution >= 4 is 7.67 Å². The lowest BCUT2D eigenvalue weighted by Gasteiger charge is -2.18. The van der Waals surface area contributed by atoms with Crippen LogP contribution < -0.4 is 5.09 Å². The molecule has 1 atom stereocenters. The van der Waals surface area contributed by atoms with Crippen molar-refractivity contribution in [1.29, 1.82) is 0 Å². The Morgan fingerprint density at radius 2 is 1.19 bits per heavy atom. The quantitative estimate of drug-likeness (QED) is 0.205. The van der Waals surface area contributed by atoms with E-state index in [1.165, 1.54) is 96.3 Å². The average Bonchev–Trinajstić information content (AvgIpc) is 2.96. The smallest absolute Gasteiger partial charge is 0.305 e. The maximum Gasteiger partial charge on any atom is 0.343 e. The van der Waals surface area contributed by atoms with Gasteiger partial charge in [0.1, 0.15) is 0 Å². The molecule has 0 spiro atoms. The van der Waals surface area contributed by atoms with Crippen LogP contribution in [0.1, 0.15) is 110 Å². The first kappa shape index (κ1) is 24.1. The fourth-order valence-corrected chi connectivity index (χ4v) is 5.23. The van der Waals surface area contributed by atoms with Crippen molar-refractivity contribution in [3.63, 3.8) is 0 Å². The van der Waals surface area contributed by atoms with Crippen molar-refractivity contribution in [3.8, 4) is 0 Å². The van der Waals surface area contributed by atoms with Crippen molar-refractivity contribution in [2.75, 3.05) is 26.7 Å². The van der Waals surface area contributed by atoms with E-state index >= 15 is 0 Å². The number of nitrogens with zero attached hydrogens (tertiary/aromatic N) is 1. The molecule has 4 nitrogen and oxygen atoms in total. The third-order valence-electron chi connectivity index (χ3n) is 5.47. The van der Waals surface area contributed by atoms with Gasteiger partial charge in [-0.25, -0.2) is 9.76 Å². The molecule has 5 heteroatoms. The van der Waals surface area contributed by atoms with Crippen LogP contribution >= 0.6 is 7.67 Å². The molecular formula is C21H45N2O2P. The Kier molecular flexibility index (Phi) is 15.0. The Hall–Kier alpha value is 0.110. The fourth-order valence-electron chi connectivity index (χ4n) is 3.59.